The van der Waals surface area contributed by atoms with E-state index in [1.165, 1.54) is 5.56 Å². The summed E-state index contributed by atoms with van der Waals surface area (Å²) in [7, 11) is 0. The van der Waals surface area contributed by atoms with Gasteiger partial charge in [-0.05, 0) is 36.6 Å². The molecule has 1 N–H and O–H groups in total. The number of para-hydroxylation sites is 1. The van der Waals surface area contributed by atoms with Gasteiger partial charge in [0.25, 0.3) is 0 Å². The molecule has 0 bridgehead atoms. The van der Waals surface area contributed by atoms with E-state index >= 15 is 0 Å². The zero-order valence-electron chi connectivity index (χ0n) is 15.3. The highest BCUT2D eigenvalue weighted by atomic mass is 16.2. The van der Waals surface area contributed by atoms with Crippen LogP contribution in [0.3, 0.4) is 0 Å². The molecule has 0 saturated carbocycles. The number of hydrogen-bond donors (Lipinski definition) is 1. The highest BCUT2D eigenvalue weighted by Gasteiger charge is 2.24. The number of carbonyl (C=O) groups excluding carboxylic acids is 1. The quantitative estimate of drug-likeness (QED) is 0.735. The molecule has 0 radical (unpaired) electrons. The minimum Gasteiger partial charge on any atom is -0.351 e. The van der Waals surface area contributed by atoms with Gasteiger partial charge in [0.15, 0.2) is 0 Å². The molecule has 5 heteroatoms. The molecule has 1 unspecified atom stereocenters. The molecule has 1 aromatic heterocycles. The van der Waals surface area contributed by atoms with Crippen LogP contribution in [0.25, 0.3) is 5.69 Å². The Morgan fingerprint density at radius 1 is 1.07 bits per heavy atom. The third-order valence-electron chi connectivity index (χ3n) is 5.06. The molecule has 27 heavy (non-hydrogen) atoms. The van der Waals surface area contributed by atoms with Crippen LogP contribution in [-0.4, -0.2) is 40.2 Å². The summed E-state index contributed by atoms with van der Waals surface area (Å²) in [5.41, 5.74) is 3.38. The fourth-order valence-electron chi connectivity index (χ4n) is 3.61. The van der Waals surface area contributed by atoms with Crippen LogP contribution in [0.5, 0.6) is 0 Å². The third-order valence-corrected chi connectivity index (χ3v) is 5.06. The number of carbonyl (C=O) groups is 1. The summed E-state index contributed by atoms with van der Waals surface area (Å²) in [6.07, 6.45) is 4.87. The lowest BCUT2D eigenvalue weighted by Crippen LogP contribution is -2.35. The summed E-state index contributed by atoms with van der Waals surface area (Å²) < 4.78 is 1.83. The van der Waals surface area contributed by atoms with E-state index in [0.29, 0.717) is 19.0 Å². The van der Waals surface area contributed by atoms with Crippen molar-refractivity contribution in [3.63, 3.8) is 0 Å². The second-order valence-electron chi connectivity index (χ2n) is 7.04. The van der Waals surface area contributed by atoms with Crippen LogP contribution in [0.4, 0.5) is 0 Å². The van der Waals surface area contributed by atoms with Crippen molar-refractivity contribution in [2.45, 2.75) is 18.9 Å². The smallest absolute Gasteiger partial charge is 0.234 e. The molecule has 4 rings (SSSR count). The number of amides is 1. The van der Waals surface area contributed by atoms with Crippen molar-refractivity contribution in [3.8, 4) is 5.69 Å². The van der Waals surface area contributed by atoms with Gasteiger partial charge < -0.3 is 5.32 Å². The van der Waals surface area contributed by atoms with Gasteiger partial charge >= 0.3 is 0 Å². The van der Waals surface area contributed by atoms with Crippen LogP contribution in [-0.2, 0) is 11.3 Å². The summed E-state index contributed by atoms with van der Waals surface area (Å²) >= 11 is 0. The molecule has 1 aliphatic heterocycles. The van der Waals surface area contributed by atoms with E-state index in [0.717, 1.165) is 30.8 Å². The normalized spacial score (nSPS) is 17.1. The van der Waals surface area contributed by atoms with E-state index in [-0.39, 0.29) is 5.91 Å². The highest BCUT2D eigenvalue weighted by Crippen LogP contribution is 2.26. The molecule has 138 valence electrons. The molecular weight excluding hydrogens is 336 g/mol. The standard InChI is InChI=1S/C22H24N4O/c27-22(17-25-12-11-20(16-25)19-7-3-1-4-8-19)23-13-18-14-24-26(15-18)21-9-5-2-6-10-21/h1-10,14-15,20H,11-13,16-17H2,(H,23,27). The first-order valence-electron chi connectivity index (χ1n) is 9.41. The predicted molar refractivity (Wildman–Crippen MR) is 106 cm³/mol. The number of hydrogen-bond acceptors (Lipinski definition) is 3. The van der Waals surface area contributed by atoms with Crippen molar-refractivity contribution in [2.75, 3.05) is 19.6 Å². The van der Waals surface area contributed by atoms with E-state index in [2.05, 4.69) is 39.6 Å². The number of likely N-dealkylation sites (tertiary alicyclic amines) is 1. The Morgan fingerprint density at radius 3 is 2.59 bits per heavy atom. The first-order chi connectivity index (χ1) is 13.3. The van der Waals surface area contributed by atoms with E-state index in [9.17, 15) is 4.79 Å². The van der Waals surface area contributed by atoms with E-state index < -0.39 is 0 Å². The lowest BCUT2D eigenvalue weighted by atomic mass is 9.99. The molecule has 2 heterocycles. The Kier molecular flexibility index (Phi) is 5.30. The molecule has 2 aromatic carbocycles. The summed E-state index contributed by atoms with van der Waals surface area (Å²) in [6, 6.07) is 20.5. The first-order valence-corrected chi connectivity index (χ1v) is 9.41. The molecule has 1 aliphatic rings. The summed E-state index contributed by atoms with van der Waals surface area (Å²) in [5.74, 6) is 0.597. The van der Waals surface area contributed by atoms with Crippen LogP contribution in [0.15, 0.2) is 73.1 Å². The first kappa shape index (κ1) is 17.5. The number of benzene rings is 2. The largest absolute Gasteiger partial charge is 0.351 e. The van der Waals surface area contributed by atoms with E-state index in [1.807, 2.05) is 47.3 Å². The molecule has 0 aliphatic carbocycles. The van der Waals surface area contributed by atoms with Crippen LogP contribution < -0.4 is 5.32 Å². The Hall–Kier alpha value is -2.92. The molecule has 3 aromatic rings. The molecule has 1 saturated heterocycles. The monoisotopic (exact) mass is 360 g/mol. The van der Waals surface area contributed by atoms with Gasteiger partial charge in [0.05, 0.1) is 18.4 Å². The molecule has 0 spiro atoms. The topological polar surface area (TPSA) is 50.2 Å². The summed E-state index contributed by atoms with van der Waals surface area (Å²) in [4.78, 5) is 14.5. The van der Waals surface area contributed by atoms with Gasteiger partial charge in [0, 0.05) is 24.8 Å². The van der Waals surface area contributed by atoms with Crippen molar-refractivity contribution in [2.24, 2.45) is 0 Å². The van der Waals surface area contributed by atoms with E-state index in [1.54, 1.807) is 6.20 Å². The zero-order chi connectivity index (χ0) is 18.5. The average molecular weight is 360 g/mol. The van der Waals surface area contributed by atoms with Gasteiger partial charge in [0.2, 0.25) is 5.91 Å². The summed E-state index contributed by atoms with van der Waals surface area (Å²) in [6.45, 7) is 2.88. The van der Waals surface area contributed by atoms with Crippen LogP contribution >= 0.6 is 0 Å². The molecular formula is C22H24N4O. The number of rotatable bonds is 6. The maximum atomic E-state index is 12.3. The van der Waals surface area contributed by atoms with E-state index in [4.69, 9.17) is 0 Å². The second-order valence-corrected chi connectivity index (χ2v) is 7.04. The fraction of sp³-hybridized carbons (Fsp3) is 0.273. The fourth-order valence-corrected chi connectivity index (χ4v) is 3.61. The van der Waals surface area contributed by atoms with Crippen molar-refractivity contribution in [1.82, 2.24) is 20.0 Å². The Balaban J connectivity index is 1.25. The minimum atomic E-state index is 0.0659. The second kappa shape index (κ2) is 8.18. The Bertz CT molecular complexity index is 876. The molecule has 5 nitrogen and oxygen atoms in total. The van der Waals surface area contributed by atoms with Crippen molar-refractivity contribution in [3.05, 3.63) is 84.2 Å². The van der Waals surface area contributed by atoms with Crippen molar-refractivity contribution >= 4 is 5.91 Å². The lowest BCUT2D eigenvalue weighted by Gasteiger charge is -2.15. The van der Waals surface area contributed by atoms with Crippen LogP contribution in [0.1, 0.15) is 23.5 Å². The third kappa shape index (κ3) is 4.44. The van der Waals surface area contributed by atoms with Gasteiger partial charge in [-0.25, -0.2) is 4.68 Å². The lowest BCUT2D eigenvalue weighted by molar-refractivity contribution is -0.122. The Morgan fingerprint density at radius 2 is 1.81 bits per heavy atom. The number of nitrogens with one attached hydrogen (secondary N) is 1. The predicted octanol–water partition coefficient (Wildman–Crippen LogP) is 2.98. The molecule has 1 atom stereocenters. The van der Waals surface area contributed by atoms with Gasteiger partial charge in [-0.2, -0.15) is 5.10 Å². The SMILES string of the molecule is O=C(CN1CCC(c2ccccc2)C1)NCc1cnn(-c2ccccc2)c1. The highest BCUT2D eigenvalue weighted by molar-refractivity contribution is 5.78. The maximum absolute atomic E-state index is 12.3. The Labute approximate surface area is 159 Å². The number of nitrogens with zero attached hydrogens (tertiary/aromatic N) is 3. The molecule has 1 fully saturated rings. The summed E-state index contributed by atoms with van der Waals surface area (Å²) in [5, 5.41) is 7.38. The van der Waals surface area contributed by atoms with Gasteiger partial charge in [0.1, 0.15) is 0 Å². The van der Waals surface area contributed by atoms with Crippen molar-refractivity contribution < 1.29 is 4.79 Å². The van der Waals surface area contributed by atoms with Gasteiger partial charge in [-0.3, -0.25) is 9.69 Å². The molecule has 1 amide bonds. The number of aromatic nitrogens is 2. The average Bonchev–Trinajstić information content (AvgIpc) is 3.37. The van der Waals surface area contributed by atoms with Gasteiger partial charge in [-0.1, -0.05) is 48.5 Å². The van der Waals surface area contributed by atoms with Crippen LogP contribution in [0, 0.1) is 0 Å². The zero-order valence-corrected chi connectivity index (χ0v) is 15.3. The van der Waals surface area contributed by atoms with Crippen LogP contribution in [0.2, 0.25) is 0 Å². The van der Waals surface area contributed by atoms with Crippen molar-refractivity contribution in [1.29, 1.82) is 0 Å². The van der Waals surface area contributed by atoms with Gasteiger partial charge in [-0.15, -0.1) is 0 Å². The maximum Gasteiger partial charge on any atom is 0.234 e. The minimum absolute atomic E-state index is 0.0659.